The number of hydrogen-bond acceptors (Lipinski definition) is 2. The van der Waals surface area contributed by atoms with Gasteiger partial charge in [-0.3, -0.25) is 0 Å². The van der Waals surface area contributed by atoms with Crippen molar-refractivity contribution >= 4 is 28.9 Å². The Morgan fingerprint density at radius 3 is 2.68 bits per heavy atom. The molecule has 0 heterocycles. The minimum atomic E-state index is -0.343. The summed E-state index contributed by atoms with van der Waals surface area (Å²) in [5.74, 6) is -0.343. The summed E-state index contributed by atoms with van der Waals surface area (Å²) in [5, 5.41) is 12.8. The summed E-state index contributed by atoms with van der Waals surface area (Å²) >= 11 is 11.8. The van der Waals surface area contributed by atoms with E-state index in [1.54, 1.807) is 24.3 Å². The lowest BCUT2D eigenvalue weighted by Crippen LogP contribution is -2.02. The second kappa shape index (κ2) is 5.92. The molecule has 0 saturated heterocycles. The van der Waals surface area contributed by atoms with E-state index in [4.69, 9.17) is 28.5 Å². The molecule has 0 aromatic heterocycles. The number of nitrogens with one attached hydrogen (secondary N) is 1. The van der Waals surface area contributed by atoms with Gasteiger partial charge in [-0.05, 0) is 36.4 Å². The van der Waals surface area contributed by atoms with E-state index < -0.39 is 0 Å². The van der Waals surface area contributed by atoms with Gasteiger partial charge in [-0.25, -0.2) is 4.39 Å². The molecule has 0 atom stereocenters. The third-order valence-electron chi connectivity index (χ3n) is 2.57. The molecule has 0 radical (unpaired) electrons. The number of rotatable bonds is 3. The van der Waals surface area contributed by atoms with Gasteiger partial charge in [0.1, 0.15) is 5.82 Å². The first kappa shape index (κ1) is 13.7. The van der Waals surface area contributed by atoms with E-state index >= 15 is 0 Å². The van der Waals surface area contributed by atoms with Crippen molar-refractivity contribution in [3.8, 4) is 6.07 Å². The fourth-order valence-electron chi connectivity index (χ4n) is 1.60. The summed E-state index contributed by atoms with van der Waals surface area (Å²) in [6.45, 7) is 0.237. The third kappa shape index (κ3) is 3.37. The predicted octanol–water partition coefficient (Wildman–Crippen LogP) is 4.62. The topological polar surface area (TPSA) is 35.8 Å². The molecule has 0 fully saturated rings. The van der Waals surface area contributed by atoms with Gasteiger partial charge in [-0.1, -0.05) is 23.2 Å². The number of nitriles is 1. The van der Waals surface area contributed by atoms with Crippen LogP contribution in [-0.4, -0.2) is 0 Å². The lowest BCUT2D eigenvalue weighted by molar-refractivity contribution is 0.613. The van der Waals surface area contributed by atoms with Crippen LogP contribution < -0.4 is 5.32 Å². The molecule has 0 aliphatic heterocycles. The number of benzene rings is 2. The number of halogens is 3. The van der Waals surface area contributed by atoms with Crippen molar-refractivity contribution in [2.24, 2.45) is 0 Å². The Bertz CT molecular complexity index is 650. The minimum Gasteiger partial charge on any atom is -0.380 e. The molecule has 5 heteroatoms. The van der Waals surface area contributed by atoms with E-state index in [2.05, 4.69) is 5.32 Å². The van der Waals surface area contributed by atoms with Gasteiger partial charge in [0.2, 0.25) is 0 Å². The SMILES string of the molecule is N#Cc1ccc(Cl)c(NCc2cc(Cl)ccc2F)c1. The molecule has 0 bridgehead atoms. The van der Waals surface area contributed by atoms with Crippen molar-refractivity contribution in [1.82, 2.24) is 0 Å². The van der Waals surface area contributed by atoms with Crippen LogP contribution in [0.15, 0.2) is 36.4 Å². The van der Waals surface area contributed by atoms with Gasteiger partial charge in [0.15, 0.2) is 0 Å². The summed E-state index contributed by atoms with van der Waals surface area (Å²) in [5.41, 5.74) is 1.50. The van der Waals surface area contributed by atoms with Gasteiger partial charge in [-0.2, -0.15) is 5.26 Å². The number of anilines is 1. The highest BCUT2D eigenvalue weighted by molar-refractivity contribution is 6.33. The Balaban J connectivity index is 2.19. The van der Waals surface area contributed by atoms with Crippen LogP contribution in [0.5, 0.6) is 0 Å². The van der Waals surface area contributed by atoms with Crippen molar-refractivity contribution in [2.75, 3.05) is 5.32 Å². The van der Waals surface area contributed by atoms with E-state index in [1.165, 1.54) is 12.1 Å². The van der Waals surface area contributed by atoms with E-state index in [9.17, 15) is 4.39 Å². The highest BCUT2D eigenvalue weighted by Gasteiger charge is 2.05. The van der Waals surface area contributed by atoms with Crippen LogP contribution in [0.2, 0.25) is 10.0 Å². The smallest absolute Gasteiger partial charge is 0.128 e. The largest absolute Gasteiger partial charge is 0.380 e. The standard InChI is InChI=1S/C14H9Cl2FN2/c15-11-2-4-13(17)10(6-11)8-19-14-5-9(7-18)1-3-12(14)16/h1-6,19H,8H2. The average Bonchev–Trinajstić information content (AvgIpc) is 2.41. The first-order valence-electron chi connectivity index (χ1n) is 5.47. The van der Waals surface area contributed by atoms with Crippen LogP contribution in [0.25, 0.3) is 0 Å². The van der Waals surface area contributed by atoms with Gasteiger partial charge >= 0.3 is 0 Å². The normalized spacial score (nSPS) is 10.0. The molecule has 1 N–H and O–H groups in total. The van der Waals surface area contributed by atoms with Crippen molar-refractivity contribution in [1.29, 1.82) is 5.26 Å². The van der Waals surface area contributed by atoms with Crippen LogP contribution in [-0.2, 0) is 6.54 Å². The quantitative estimate of drug-likeness (QED) is 0.897. The van der Waals surface area contributed by atoms with Gasteiger partial charge in [0, 0.05) is 17.1 Å². The maximum Gasteiger partial charge on any atom is 0.128 e. The second-order valence-electron chi connectivity index (χ2n) is 3.90. The number of hydrogen-bond donors (Lipinski definition) is 1. The molecular weight excluding hydrogens is 286 g/mol. The van der Waals surface area contributed by atoms with Gasteiger partial charge in [0.25, 0.3) is 0 Å². The molecule has 2 aromatic rings. The van der Waals surface area contributed by atoms with Crippen molar-refractivity contribution in [3.63, 3.8) is 0 Å². The van der Waals surface area contributed by atoms with Crippen LogP contribution in [0, 0.1) is 17.1 Å². The molecule has 0 aliphatic rings. The van der Waals surface area contributed by atoms with Crippen molar-refractivity contribution in [2.45, 2.75) is 6.54 Å². The molecule has 0 saturated carbocycles. The lowest BCUT2D eigenvalue weighted by Gasteiger charge is -2.09. The van der Waals surface area contributed by atoms with E-state index in [1.807, 2.05) is 6.07 Å². The van der Waals surface area contributed by atoms with Crippen LogP contribution >= 0.6 is 23.2 Å². The molecule has 2 rings (SSSR count). The summed E-state index contributed by atoms with van der Waals surface area (Å²) in [4.78, 5) is 0. The molecule has 0 amide bonds. The van der Waals surface area contributed by atoms with Crippen LogP contribution in [0.3, 0.4) is 0 Å². The van der Waals surface area contributed by atoms with E-state index in [0.29, 0.717) is 26.9 Å². The Kier molecular flexibility index (Phi) is 4.26. The summed E-state index contributed by atoms with van der Waals surface area (Å²) in [6.07, 6.45) is 0. The fraction of sp³-hybridized carbons (Fsp3) is 0.0714. The lowest BCUT2D eigenvalue weighted by atomic mass is 10.2. The first-order valence-corrected chi connectivity index (χ1v) is 6.23. The zero-order valence-electron chi connectivity index (χ0n) is 9.75. The Hall–Kier alpha value is -1.76. The monoisotopic (exact) mass is 294 g/mol. The molecule has 2 nitrogen and oxygen atoms in total. The third-order valence-corrected chi connectivity index (χ3v) is 3.14. The summed E-state index contributed by atoms with van der Waals surface area (Å²) in [7, 11) is 0. The van der Waals surface area contributed by atoms with Crippen LogP contribution in [0.1, 0.15) is 11.1 Å². The maximum atomic E-state index is 13.5. The molecule has 0 aliphatic carbocycles. The minimum absolute atomic E-state index is 0.237. The van der Waals surface area contributed by atoms with E-state index in [-0.39, 0.29) is 12.4 Å². The van der Waals surface area contributed by atoms with Crippen LogP contribution in [0.4, 0.5) is 10.1 Å². The highest BCUT2D eigenvalue weighted by Crippen LogP contribution is 2.24. The Morgan fingerprint density at radius 1 is 1.16 bits per heavy atom. The molecule has 0 unspecified atom stereocenters. The van der Waals surface area contributed by atoms with Gasteiger partial charge in [-0.15, -0.1) is 0 Å². The van der Waals surface area contributed by atoms with Gasteiger partial charge in [0.05, 0.1) is 22.3 Å². The predicted molar refractivity (Wildman–Crippen MR) is 74.9 cm³/mol. The summed E-state index contributed by atoms with van der Waals surface area (Å²) in [6, 6.07) is 11.2. The molecule has 19 heavy (non-hydrogen) atoms. The fourth-order valence-corrected chi connectivity index (χ4v) is 1.98. The zero-order chi connectivity index (χ0) is 13.8. The molecular formula is C14H9Cl2FN2. The van der Waals surface area contributed by atoms with Gasteiger partial charge < -0.3 is 5.32 Å². The highest BCUT2D eigenvalue weighted by atomic mass is 35.5. The van der Waals surface area contributed by atoms with Crippen molar-refractivity contribution in [3.05, 3.63) is 63.4 Å². The Morgan fingerprint density at radius 2 is 1.95 bits per heavy atom. The first-order chi connectivity index (χ1) is 9.10. The molecule has 96 valence electrons. The molecule has 0 spiro atoms. The Labute approximate surface area is 120 Å². The second-order valence-corrected chi connectivity index (χ2v) is 4.74. The molecule has 2 aromatic carbocycles. The maximum absolute atomic E-state index is 13.5. The summed E-state index contributed by atoms with van der Waals surface area (Å²) < 4.78 is 13.5. The average molecular weight is 295 g/mol. The number of nitrogens with zero attached hydrogens (tertiary/aromatic N) is 1. The zero-order valence-corrected chi connectivity index (χ0v) is 11.3. The van der Waals surface area contributed by atoms with Crippen molar-refractivity contribution < 1.29 is 4.39 Å². The van der Waals surface area contributed by atoms with E-state index in [0.717, 1.165) is 0 Å².